The van der Waals surface area contributed by atoms with Gasteiger partial charge in [-0.2, -0.15) is 0 Å². The summed E-state index contributed by atoms with van der Waals surface area (Å²) in [6.45, 7) is 0. The normalized spacial score (nSPS) is 23.7. The smallest absolute Gasteiger partial charge is 0.0966 e. The first kappa shape index (κ1) is 7.46. The van der Waals surface area contributed by atoms with Crippen molar-refractivity contribution in [3.8, 4) is 0 Å². The molecule has 0 spiro atoms. The van der Waals surface area contributed by atoms with Crippen LogP contribution in [0.2, 0.25) is 0 Å². The maximum absolute atomic E-state index is 5.71. The molecule has 1 rings (SSSR count). The fourth-order valence-electron chi connectivity index (χ4n) is 0.571. The molecule has 0 N–H and O–H groups in total. The number of rotatable bonds is 0. The largest absolute Gasteiger partial charge is 0.140 e. The Labute approximate surface area is 69.1 Å². The topological polar surface area (TPSA) is 0 Å². The molecule has 0 aromatic heterocycles. The molecule has 0 heterocycles. The van der Waals surface area contributed by atoms with Crippen molar-refractivity contribution in [1.29, 1.82) is 0 Å². The molecule has 0 saturated heterocycles. The first-order valence-electron chi connectivity index (χ1n) is 2.53. The van der Waals surface area contributed by atoms with Crippen molar-refractivity contribution in [3.63, 3.8) is 0 Å². The van der Waals surface area contributed by atoms with E-state index in [0.717, 1.165) is 0 Å². The lowest BCUT2D eigenvalue weighted by Crippen LogP contribution is -2.08. The van der Waals surface area contributed by atoms with E-state index in [2.05, 4.69) is 0 Å². The van der Waals surface area contributed by atoms with Crippen molar-refractivity contribution in [1.82, 2.24) is 0 Å². The van der Waals surface area contributed by atoms with Crippen molar-refractivity contribution in [2.75, 3.05) is 0 Å². The minimum Gasteiger partial charge on any atom is -0.0966 e. The maximum atomic E-state index is 5.71. The molecule has 0 fully saturated rings. The maximum Gasteiger partial charge on any atom is 0.140 e. The standard InChI is InChI=1S/C6H5Cl3/c7-5-1-3-6(8,9)4-2-5/h1-3H,4H2. The Morgan fingerprint density at radius 2 is 2.11 bits per heavy atom. The molecule has 0 unspecified atom stereocenters. The molecule has 0 radical (unpaired) electrons. The molecule has 9 heavy (non-hydrogen) atoms. The lowest BCUT2D eigenvalue weighted by Gasteiger charge is -2.14. The summed E-state index contributed by atoms with van der Waals surface area (Å²) < 4.78 is -0.738. The van der Waals surface area contributed by atoms with Crippen LogP contribution < -0.4 is 0 Å². The Morgan fingerprint density at radius 1 is 1.44 bits per heavy atom. The summed E-state index contributed by atoms with van der Waals surface area (Å²) in [6, 6.07) is 0. The van der Waals surface area contributed by atoms with Crippen LogP contribution in [0.4, 0.5) is 0 Å². The van der Waals surface area contributed by atoms with Gasteiger partial charge in [-0.05, 0) is 12.2 Å². The Bertz CT molecular complexity index is 167. The number of allylic oxidation sites excluding steroid dienone is 4. The van der Waals surface area contributed by atoms with E-state index in [1.165, 1.54) is 0 Å². The SMILES string of the molecule is ClC1=CCC(Cl)(Cl)C=C1. The van der Waals surface area contributed by atoms with Crippen molar-refractivity contribution in [2.45, 2.75) is 10.8 Å². The minimum absolute atomic E-state index is 0.589. The fourth-order valence-corrected chi connectivity index (χ4v) is 0.992. The summed E-state index contributed by atoms with van der Waals surface area (Å²) >= 11 is 17.0. The molecule has 0 amide bonds. The summed E-state index contributed by atoms with van der Waals surface area (Å²) in [5.74, 6) is 0. The lowest BCUT2D eigenvalue weighted by atomic mass is 10.2. The predicted octanol–water partition coefficient (Wildman–Crippen LogP) is 3.24. The van der Waals surface area contributed by atoms with Gasteiger partial charge in [0, 0.05) is 11.5 Å². The molecule has 0 aliphatic heterocycles. The molecule has 0 nitrogen and oxygen atoms in total. The van der Waals surface area contributed by atoms with Gasteiger partial charge >= 0.3 is 0 Å². The predicted molar refractivity (Wildman–Crippen MR) is 42.1 cm³/mol. The summed E-state index contributed by atoms with van der Waals surface area (Å²) in [4.78, 5) is 0. The van der Waals surface area contributed by atoms with Gasteiger partial charge in [0.25, 0.3) is 0 Å². The lowest BCUT2D eigenvalue weighted by molar-refractivity contribution is 0.958. The third-order valence-electron chi connectivity index (χ3n) is 1.06. The number of halogens is 3. The third-order valence-corrected chi connectivity index (χ3v) is 1.90. The molecule has 0 atom stereocenters. The molecule has 0 aromatic carbocycles. The zero-order chi connectivity index (χ0) is 6.91. The Hall–Kier alpha value is 0.350. The monoisotopic (exact) mass is 182 g/mol. The molecule has 0 saturated carbocycles. The van der Waals surface area contributed by atoms with Crippen molar-refractivity contribution < 1.29 is 0 Å². The second kappa shape index (κ2) is 2.53. The zero-order valence-corrected chi connectivity index (χ0v) is 6.84. The van der Waals surface area contributed by atoms with E-state index < -0.39 is 4.33 Å². The second-order valence-corrected chi connectivity index (χ2v) is 3.87. The summed E-state index contributed by atoms with van der Waals surface area (Å²) in [6.07, 6.45) is 5.76. The second-order valence-electron chi connectivity index (χ2n) is 1.89. The van der Waals surface area contributed by atoms with E-state index in [0.29, 0.717) is 11.5 Å². The molecule has 0 aromatic rings. The van der Waals surface area contributed by atoms with Crippen molar-refractivity contribution in [2.24, 2.45) is 0 Å². The molecule has 1 aliphatic carbocycles. The van der Waals surface area contributed by atoms with E-state index in [4.69, 9.17) is 34.8 Å². The Kier molecular flexibility index (Phi) is 2.10. The third kappa shape index (κ3) is 2.21. The highest BCUT2D eigenvalue weighted by molar-refractivity contribution is 6.50. The van der Waals surface area contributed by atoms with Crippen molar-refractivity contribution >= 4 is 34.8 Å². The quantitative estimate of drug-likeness (QED) is 0.506. The highest BCUT2D eigenvalue weighted by Crippen LogP contribution is 2.32. The average Bonchev–Trinajstić information content (AvgIpc) is 1.78. The molecule has 50 valence electrons. The Balaban J connectivity index is 2.70. The van der Waals surface area contributed by atoms with Gasteiger partial charge in [0.2, 0.25) is 0 Å². The summed E-state index contributed by atoms with van der Waals surface area (Å²) in [5.41, 5.74) is 0. The molecule has 3 heteroatoms. The zero-order valence-electron chi connectivity index (χ0n) is 4.57. The fraction of sp³-hybridized carbons (Fsp3) is 0.333. The van der Waals surface area contributed by atoms with Crippen LogP contribution in [0.25, 0.3) is 0 Å². The van der Waals surface area contributed by atoms with Gasteiger partial charge in [-0.15, -0.1) is 0 Å². The van der Waals surface area contributed by atoms with Gasteiger partial charge in [0.1, 0.15) is 4.33 Å². The number of hydrogen-bond donors (Lipinski definition) is 0. The van der Waals surface area contributed by atoms with Crippen molar-refractivity contribution in [3.05, 3.63) is 23.3 Å². The van der Waals surface area contributed by atoms with E-state index in [1.807, 2.05) is 0 Å². The summed E-state index contributed by atoms with van der Waals surface area (Å²) in [7, 11) is 0. The number of alkyl halides is 2. The molecule has 1 aliphatic rings. The first-order chi connectivity index (χ1) is 4.10. The van der Waals surface area contributed by atoms with Gasteiger partial charge in [-0.1, -0.05) is 40.9 Å². The van der Waals surface area contributed by atoms with Gasteiger partial charge in [0.15, 0.2) is 0 Å². The molecule has 0 bridgehead atoms. The van der Waals surface area contributed by atoms with E-state index in [9.17, 15) is 0 Å². The van der Waals surface area contributed by atoms with E-state index in [-0.39, 0.29) is 0 Å². The minimum atomic E-state index is -0.738. The number of hydrogen-bond acceptors (Lipinski definition) is 0. The van der Waals surface area contributed by atoms with Crippen LogP contribution in [0.5, 0.6) is 0 Å². The van der Waals surface area contributed by atoms with Crippen LogP contribution >= 0.6 is 34.8 Å². The van der Waals surface area contributed by atoms with E-state index in [1.54, 1.807) is 18.2 Å². The highest BCUT2D eigenvalue weighted by atomic mass is 35.5. The van der Waals surface area contributed by atoms with Gasteiger partial charge in [-0.3, -0.25) is 0 Å². The van der Waals surface area contributed by atoms with Crippen LogP contribution in [0.3, 0.4) is 0 Å². The van der Waals surface area contributed by atoms with Crippen LogP contribution in [-0.2, 0) is 0 Å². The van der Waals surface area contributed by atoms with Gasteiger partial charge < -0.3 is 0 Å². The van der Waals surface area contributed by atoms with Crippen LogP contribution in [0.15, 0.2) is 23.3 Å². The van der Waals surface area contributed by atoms with Crippen LogP contribution in [-0.4, -0.2) is 4.33 Å². The molecular weight excluding hydrogens is 178 g/mol. The van der Waals surface area contributed by atoms with Gasteiger partial charge in [0.05, 0.1) is 0 Å². The summed E-state index contributed by atoms with van der Waals surface area (Å²) in [5, 5.41) is 0.701. The Morgan fingerprint density at radius 3 is 2.44 bits per heavy atom. The first-order valence-corrected chi connectivity index (χ1v) is 3.66. The highest BCUT2D eigenvalue weighted by Gasteiger charge is 2.20. The van der Waals surface area contributed by atoms with Crippen LogP contribution in [0, 0.1) is 0 Å². The van der Waals surface area contributed by atoms with E-state index >= 15 is 0 Å². The molecular formula is C6H5Cl3. The van der Waals surface area contributed by atoms with Gasteiger partial charge in [-0.25, -0.2) is 0 Å². The average molecular weight is 183 g/mol. The van der Waals surface area contributed by atoms with Crippen LogP contribution in [0.1, 0.15) is 6.42 Å².